The van der Waals surface area contributed by atoms with Gasteiger partial charge in [-0.25, -0.2) is 9.59 Å². The maximum absolute atomic E-state index is 10.2. The third kappa shape index (κ3) is 8.99. The van der Waals surface area contributed by atoms with E-state index >= 15 is 0 Å². The van der Waals surface area contributed by atoms with Gasteiger partial charge in [-0.1, -0.05) is 58.7 Å². The summed E-state index contributed by atoms with van der Waals surface area (Å²) in [6.07, 6.45) is 0. The highest BCUT2D eigenvalue weighted by atomic mass is 16.4. The van der Waals surface area contributed by atoms with Gasteiger partial charge in [0.15, 0.2) is 0 Å². The minimum absolute atomic E-state index is 0. The number of aromatic carboxylic acids is 2. The van der Waals surface area contributed by atoms with Crippen molar-refractivity contribution in [3.63, 3.8) is 0 Å². The molecule has 0 aliphatic heterocycles. The Balaban J connectivity index is -0.000000270. The highest BCUT2D eigenvalue weighted by Gasteiger charge is 1.97. The fraction of sp³-hybridized carbons (Fsp3) is 0.176. The third-order valence-electron chi connectivity index (χ3n) is 2.04. The molecule has 0 bridgehead atoms. The second-order valence-corrected chi connectivity index (χ2v) is 3.34. The summed E-state index contributed by atoms with van der Waals surface area (Å²) >= 11 is 0. The van der Waals surface area contributed by atoms with E-state index in [1.807, 2.05) is 0 Å². The van der Waals surface area contributed by atoms with Crippen molar-refractivity contribution in [2.24, 2.45) is 0 Å². The number of carboxylic acids is 2. The zero-order valence-electron chi connectivity index (χ0n) is 9.48. The van der Waals surface area contributed by atoms with Crippen LogP contribution < -0.4 is 0 Å². The molecule has 2 aromatic carbocycles. The van der Waals surface area contributed by atoms with E-state index in [0.717, 1.165) is 0 Å². The van der Waals surface area contributed by atoms with Crippen LogP contribution in [0.4, 0.5) is 0 Å². The minimum atomic E-state index is -0.879. The fourth-order valence-electron chi connectivity index (χ4n) is 1.16. The number of carboxylic acid groups (broad SMARTS) is 2. The van der Waals surface area contributed by atoms with E-state index in [4.69, 9.17) is 10.2 Å². The predicted molar refractivity (Wildman–Crippen MR) is 87.0 cm³/mol. The molecule has 0 atom stereocenters. The zero-order chi connectivity index (χ0) is 13.4. The Morgan fingerprint density at radius 3 is 0.952 bits per heavy atom. The molecule has 21 heavy (non-hydrogen) atoms. The molecule has 0 saturated heterocycles. The molecule has 0 spiro atoms. The van der Waals surface area contributed by atoms with Crippen molar-refractivity contribution in [2.45, 2.75) is 22.3 Å². The summed E-state index contributed by atoms with van der Waals surface area (Å²) in [5, 5.41) is 16.8. The summed E-state index contributed by atoms with van der Waals surface area (Å²) in [5.74, 6) is -1.76. The topological polar surface area (TPSA) is 74.6 Å². The van der Waals surface area contributed by atoms with E-state index in [9.17, 15) is 9.59 Å². The molecule has 0 unspecified atom stereocenters. The highest BCUT2D eigenvalue weighted by molar-refractivity contribution is 5.87. The highest BCUT2D eigenvalue weighted by Crippen LogP contribution is 1.96. The molecule has 4 heteroatoms. The monoisotopic (exact) mass is 292 g/mol. The van der Waals surface area contributed by atoms with E-state index in [0.29, 0.717) is 11.1 Å². The van der Waals surface area contributed by atoms with Gasteiger partial charge in [0.1, 0.15) is 0 Å². The lowest BCUT2D eigenvalue weighted by atomic mass is 10.2. The number of hydrogen-bond donors (Lipinski definition) is 2. The maximum Gasteiger partial charge on any atom is 0.335 e. The minimum Gasteiger partial charge on any atom is -0.478 e. The van der Waals surface area contributed by atoms with Crippen LogP contribution in [-0.4, -0.2) is 22.2 Å². The molecule has 0 aliphatic carbocycles. The van der Waals surface area contributed by atoms with Gasteiger partial charge in [-0.05, 0) is 24.3 Å². The van der Waals surface area contributed by atoms with Crippen LogP contribution in [0, 0.1) is 0 Å². The van der Waals surface area contributed by atoms with E-state index in [1.54, 1.807) is 60.7 Å². The SMILES string of the molecule is C.C.C.O=C(O)c1ccccc1.O=C(O)c1ccccc1. The van der Waals surface area contributed by atoms with Crippen molar-refractivity contribution >= 4 is 11.9 Å². The van der Waals surface area contributed by atoms with Crippen LogP contribution >= 0.6 is 0 Å². The Bertz CT molecular complexity index is 457. The first-order chi connectivity index (χ1) is 8.61. The van der Waals surface area contributed by atoms with Crippen molar-refractivity contribution in [3.05, 3.63) is 71.8 Å². The van der Waals surface area contributed by atoms with Gasteiger partial charge in [0, 0.05) is 0 Å². The summed E-state index contributed by atoms with van der Waals surface area (Å²) in [5.41, 5.74) is 0.662. The lowest BCUT2D eigenvalue weighted by Crippen LogP contribution is -1.93. The molecule has 0 heterocycles. The Kier molecular flexibility index (Phi) is 13.9. The molecule has 0 amide bonds. The second kappa shape index (κ2) is 12.4. The average molecular weight is 292 g/mol. The summed E-state index contributed by atoms with van der Waals surface area (Å²) in [6, 6.07) is 16.6. The van der Waals surface area contributed by atoms with Crippen LogP contribution in [0.1, 0.15) is 43.0 Å². The molecule has 0 aliphatic rings. The van der Waals surface area contributed by atoms with Gasteiger partial charge < -0.3 is 10.2 Å². The molecule has 2 rings (SSSR count). The third-order valence-corrected chi connectivity index (χ3v) is 2.04. The van der Waals surface area contributed by atoms with Crippen LogP contribution in [-0.2, 0) is 0 Å². The molecule has 2 N–H and O–H groups in total. The van der Waals surface area contributed by atoms with E-state index in [1.165, 1.54) is 0 Å². The van der Waals surface area contributed by atoms with Gasteiger partial charge in [-0.15, -0.1) is 0 Å². The van der Waals surface area contributed by atoms with Gasteiger partial charge in [-0.3, -0.25) is 0 Å². The normalized spacial score (nSPS) is 7.62. The molecule has 0 fully saturated rings. The average Bonchev–Trinajstić information content (AvgIpc) is 2.41. The summed E-state index contributed by atoms with van der Waals surface area (Å²) in [7, 11) is 0. The molecule has 2 aromatic rings. The summed E-state index contributed by atoms with van der Waals surface area (Å²) in [4.78, 5) is 20.4. The maximum atomic E-state index is 10.2. The zero-order valence-corrected chi connectivity index (χ0v) is 9.48. The number of hydrogen-bond acceptors (Lipinski definition) is 2. The first kappa shape index (κ1) is 23.5. The molecule has 0 radical (unpaired) electrons. The molecule has 4 nitrogen and oxygen atoms in total. The van der Waals surface area contributed by atoms with Crippen LogP contribution in [0.2, 0.25) is 0 Å². The molecule has 0 aromatic heterocycles. The first-order valence-electron chi connectivity index (χ1n) is 5.18. The van der Waals surface area contributed by atoms with Crippen molar-refractivity contribution in [3.8, 4) is 0 Å². The lowest BCUT2D eigenvalue weighted by molar-refractivity contribution is 0.0686. The molecule has 0 saturated carbocycles. The van der Waals surface area contributed by atoms with Crippen molar-refractivity contribution in [1.29, 1.82) is 0 Å². The largest absolute Gasteiger partial charge is 0.478 e. The Morgan fingerprint density at radius 1 is 0.571 bits per heavy atom. The van der Waals surface area contributed by atoms with E-state index in [2.05, 4.69) is 0 Å². The Labute approximate surface area is 126 Å². The fourth-order valence-corrected chi connectivity index (χ4v) is 1.16. The van der Waals surface area contributed by atoms with E-state index < -0.39 is 11.9 Å². The number of carbonyl (C=O) groups is 2. The van der Waals surface area contributed by atoms with Crippen molar-refractivity contribution in [2.75, 3.05) is 0 Å². The van der Waals surface area contributed by atoms with Gasteiger partial charge in [0.2, 0.25) is 0 Å². The van der Waals surface area contributed by atoms with Crippen LogP contribution in [0.5, 0.6) is 0 Å². The second-order valence-electron chi connectivity index (χ2n) is 3.34. The van der Waals surface area contributed by atoms with Crippen molar-refractivity contribution < 1.29 is 19.8 Å². The van der Waals surface area contributed by atoms with Gasteiger partial charge in [0.25, 0.3) is 0 Å². The first-order valence-corrected chi connectivity index (χ1v) is 5.18. The Hall–Kier alpha value is -2.62. The standard InChI is InChI=1S/2C7H6O2.3CH4/c2*8-7(9)6-4-2-1-3-5-6;;;/h2*1-5H,(H,8,9);3*1H4. The molecular formula is C17H24O4. The van der Waals surface area contributed by atoms with Crippen LogP contribution in [0.25, 0.3) is 0 Å². The Morgan fingerprint density at radius 2 is 0.810 bits per heavy atom. The van der Waals surface area contributed by atoms with Gasteiger partial charge in [0.05, 0.1) is 11.1 Å². The van der Waals surface area contributed by atoms with Crippen LogP contribution in [0.3, 0.4) is 0 Å². The lowest BCUT2D eigenvalue weighted by Gasteiger charge is -1.88. The molecule has 116 valence electrons. The molecular weight excluding hydrogens is 268 g/mol. The van der Waals surface area contributed by atoms with E-state index in [-0.39, 0.29) is 22.3 Å². The van der Waals surface area contributed by atoms with Crippen molar-refractivity contribution in [1.82, 2.24) is 0 Å². The van der Waals surface area contributed by atoms with Gasteiger partial charge in [-0.2, -0.15) is 0 Å². The summed E-state index contributed by atoms with van der Waals surface area (Å²) < 4.78 is 0. The quantitative estimate of drug-likeness (QED) is 0.842. The van der Waals surface area contributed by atoms with Crippen LogP contribution in [0.15, 0.2) is 60.7 Å². The predicted octanol–water partition coefficient (Wildman–Crippen LogP) is 4.68. The number of rotatable bonds is 2. The van der Waals surface area contributed by atoms with Gasteiger partial charge >= 0.3 is 11.9 Å². The number of benzene rings is 2. The smallest absolute Gasteiger partial charge is 0.335 e. The summed E-state index contributed by atoms with van der Waals surface area (Å²) in [6.45, 7) is 0.